The lowest BCUT2D eigenvalue weighted by Gasteiger charge is -2.36. The third-order valence-corrected chi connectivity index (χ3v) is 13.7. The van der Waals surface area contributed by atoms with E-state index < -0.39 is 37.6 Å². The number of unbranched alkanes of at least 4 members (excludes halogenated alkanes) is 1. The van der Waals surface area contributed by atoms with Crippen LogP contribution in [0.2, 0.25) is 18.6 Å². The van der Waals surface area contributed by atoms with Crippen LogP contribution in [0.25, 0.3) is 0 Å². The molecule has 3 aliphatic rings. The van der Waals surface area contributed by atoms with Crippen molar-refractivity contribution >= 4 is 43.0 Å². The number of amides is 2. The second kappa shape index (κ2) is 15.9. The van der Waals surface area contributed by atoms with Crippen LogP contribution in [0.15, 0.2) is 72.9 Å². The molecule has 0 saturated carbocycles. The van der Waals surface area contributed by atoms with E-state index in [1.54, 1.807) is 33.8 Å². The molecule has 292 valence electrons. The number of rotatable bonds is 15. The van der Waals surface area contributed by atoms with Crippen molar-refractivity contribution in [2.45, 2.75) is 88.9 Å². The number of hydrogen-bond donors (Lipinski definition) is 3. The fourth-order valence-corrected chi connectivity index (χ4v) is 11.4. The summed E-state index contributed by atoms with van der Waals surface area (Å²) in [5.41, 5.74) is 2.73. The highest BCUT2D eigenvalue weighted by molar-refractivity contribution is 6.72. The Labute approximate surface area is 322 Å². The number of anilines is 4. The van der Waals surface area contributed by atoms with Crippen LogP contribution in [0.3, 0.4) is 0 Å². The molecule has 12 nitrogen and oxygen atoms in total. The van der Waals surface area contributed by atoms with Crippen LogP contribution in [0.1, 0.15) is 49.9 Å². The molecular weight excluding hydrogens is 720 g/mol. The maximum atomic E-state index is 16.6. The lowest BCUT2D eigenvalue weighted by molar-refractivity contribution is -0.145. The minimum Gasteiger partial charge on any atom is -0.494 e. The molecule has 1 saturated heterocycles. The molecule has 4 aromatic rings. The van der Waals surface area contributed by atoms with Gasteiger partial charge in [-0.05, 0) is 106 Å². The summed E-state index contributed by atoms with van der Waals surface area (Å²) < 4.78 is 31.2. The van der Waals surface area contributed by atoms with Gasteiger partial charge in [0.15, 0.2) is 5.60 Å². The molecule has 0 radical (unpaired) electrons. The second-order valence-corrected chi connectivity index (χ2v) is 19.0. The van der Waals surface area contributed by atoms with Crippen molar-refractivity contribution in [1.29, 1.82) is 0 Å². The van der Waals surface area contributed by atoms with Crippen LogP contribution < -0.4 is 19.9 Å². The van der Waals surface area contributed by atoms with E-state index >= 15 is 8.90 Å². The van der Waals surface area contributed by atoms with Crippen molar-refractivity contribution in [2.24, 2.45) is 5.92 Å². The lowest BCUT2D eigenvalue weighted by atomic mass is 9.82. The highest BCUT2D eigenvalue weighted by atomic mass is 28.4. The smallest absolute Gasteiger partial charge is 0.268 e. The van der Waals surface area contributed by atoms with Gasteiger partial charge in [-0.2, -0.15) is 0 Å². The van der Waals surface area contributed by atoms with Crippen molar-refractivity contribution in [2.75, 3.05) is 36.2 Å². The van der Waals surface area contributed by atoms with E-state index in [1.165, 1.54) is 0 Å². The van der Waals surface area contributed by atoms with Crippen LogP contribution in [-0.4, -0.2) is 83.9 Å². The summed E-state index contributed by atoms with van der Waals surface area (Å²) in [4.78, 5) is 33.0. The number of aromatic nitrogens is 3. The van der Waals surface area contributed by atoms with Crippen LogP contribution in [0, 0.1) is 5.92 Å². The van der Waals surface area contributed by atoms with Gasteiger partial charge in [-0.3, -0.25) is 24.1 Å². The number of aliphatic hydroxyl groups excluding tert-OH is 2. The minimum atomic E-state index is -3.46. The monoisotopic (exact) mass is 770 g/mol. The van der Waals surface area contributed by atoms with Gasteiger partial charge in [0.2, 0.25) is 14.3 Å². The number of carbonyl (C=O) groups is 2. The number of halogens is 1. The molecule has 5 atom stereocenters. The van der Waals surface area contributed by atoms with E-state index in [9.17, 15) is 15.0 Å². The largest absolute Gasteiger partial charge is 0.494 e. The van der Waals surface area contributed by atoms with Crippen LogP contribution >= 0.6 is 0 Å². The van der Waals surface area contributed by atoms with Crippen molar-refractivity contribution < 1.29 is 33.4 Å². The quantitative estimate of drug-likeness (QED) is 0.0788. The molecule has 7 rings (SSSR count). The highest BCUT2D eigenvalue weighted by Crippen LogP contribution is 2.62. The molecular formula is C41H51FN6O6Si. The number of nitrogens with one attached hydrogen (secondary N) is 1. The van der Waals surface area contributed by atoms with Crippen molar-refractivity contribution in [3.05, 3.63) is 89.7 Å². The number of carbonyl (C=O) groups excluding carboxylic acids is 2. The van der Waals surface area contributed by atoms with Gasteiger partial charge in [-0.1, -0.05) is 30.3 Å². The molecule has 0 aliphatic carbocycles. The number of aliphatic hydroxyl groups is 2. The standard InChI is InChI=1S/C41H51FN6O6Si/c1-5-53-32-14-16-35-28(23-32)24-34(43-19-9-10-21-49)39(51)47(35)31-13-15-36-33(25-31)41(40(52)48(36)30-11-7-6-8-12-30)27(2)38(55(3,4)42)37(54-41)17-20-46-26-29(18-22-50)44-45-46/h6-8,11-16,23,25-27,34,37-38,43,49-50H,5,9-10,17-22,24H2,1-4H3/t27-,34?,37+,38-,41+/m0/s1. The first-order valence-corrected chi connectivity index (χ1v) is 22.3. The van der Waals surface area contributed by atoms with Gasteiger partial charge in [-0.15, -0.1) is 5.10 Å². The Morgan fingerprint density at radius 1 is 1.00 bits per heavy atom. The molecule has 4 heterocycles. The van der Waals surface area contributed by atoms with Gasteiger partial charge in [-0.25, -0.2) is 0 Å². The highest BCUT2D eigenvalue weighted by Gasteiger charge is 2.67. The number of hydrogen-bond acceptors (Lipinski definition) is 9. The number of aryl methyl sites for hydroxylation is 1. The third kappa shape index (κ3) is 7.21. The number of para-hydroxylation sites is 1. The summed E-state index contributed by atoms with van der Waals surface area (Å²) in [7, 11) is -3.46. The lowest BCUT2D eigenvalue weighted by Crippen LogP contribution is -2.49. The number of ether oxygens (including phenoxy) is 2. The Balaban J connectivity index is 1.33. The zero-order valence-electron chi connectivity index (χ0n) is 32.0. The minimum absolute atomic E-state index is 0.0414. The van der Waals surface area contributed by atoms with E-state index in [0.717, 1.165) is 17.7 Å². The Morgan fingerprint density at radius 2 is 1.78 bits per heavy atom. The summed E-state index contributed by atoms with van der Waals surface area (Å²) in [5, 5.41) is 30.5. The van der Waals surface area contributed by atoms with E-state index in [4.69, 9.17) is 9.47 Å². The molecule has 1 spiro atoms. The van der Waals surface area contributed by atoms with Gasteiger partial charge >= 0.3 is 0 Å². The Hall–Kier alpha value is -4.47. The van der Waals surface area contributed by atoms with Crippen LogP contribution in [0.4, 0.5) is 26.9 Å². The fraction of sp³-hybridized carbons (Fsp3) is 0.463. The molecule has 0 bridgehead atoms. The fourth-order valence-electron chi connectivity index (χ4n) is 8.86. The van der Waals surface area contributed by atoms with Gasteiger partial charge in [0.05, 0.1) is 35.8 Å². The zero-order chi connectivity index (χ0) is 38.9. The summed E-state index contributed by atoms with van der Waals surface area (Å²) >= 11 is 0. The predicted molar refractivity (Wildman–Crippen MR) is 210 cm³/mol. The van der Waals surface area contributed by atoms with E-state index in [-0.39, 0.29) is 25.0 Å². The normalized spacial score (nSPS) is 23.5. The first kappa shape index (κ1) is 38.8. The number of benzene rings is 3. The first-order valence-electron chi connectivity index (χ1n) is 19.4. The maximum Gasteiger partial charge on any atom is 0.268 e. The molecule has 55 heavy (non-hydrogen) atoms. The molecule has 3 aliphatic heterocycles. The van der Waals surface area contributed by atoms with Gasteiger partial charge in [0, 0.05) is 60.8 Å². The molecule has 1 unspecified atom stereocenters. The molecule has 3 N–H and O–H groups in total. The Morgan fingerprint density at radius 3 is 2.51 bits per heavy atom. The second-order valence-electron chi connectivity index (χ2n) is 15.2. The summed E-state index contributed by atoms with van der Waals surface area (Å²) in [6, 6.07) is 20.2. The molecule has 1 aromatic heterocycles. The van der Waals surface area contributed by atoms with Crippen LogP contribution in [-0.2, 0) is 39.3 Å². The molecule has 14 heteroatoms. The predicted octanol–water partition coefficient (Wildman–Crippen LogP) is 5.71. The van der Waals surface area contributed by atoms with E-state index in [0.29, 0.717) is 79.4 Å². The molecule has 2 amide bonds. The molecule has 1 fully saturated rings. The number of fused-ring (bicyclic) bond motifs is 3. The average molecular weight is 771 g/mol. The topological polar surface area (TPSA) is 142 Å². The maximum absolute atomic E-state index is 16.6. The van der Waals surface area contributed by atoms with E-state index in [2.05, 4.69) is 15.6 Å². The summed E-state index contributed by atoms with van der Waals surface area (Å²) in [5.74, 6) is -0.254. The van der Waals surface area contributed by atoms with Crippen LogP contribution in [0.5, 0.6) is 5.75 Å². The number of nitrogens with zero attached hydrogens (tertiary/aromatic N) is 5. The van der Waals surface area contributed by atoms with Crippen molar-refractivity contribution in [3.63, 3.8) is 0 Å². The zero-order valence-corrected chi connectivity index (χ0v) is 33.0. The van der Waals surface area contributed by atoms with Gasteiger partial charge < -0.3 is 29.1 Å². The van der Waals surface area contributed by atoms with Crippen molar-refractivity contribution in [1.82, 2.24) is 20.3 Å². The summed E-state index contributed by atoms with van der Waals surface area (Å²) in [6.45, 7) is 8.72. The Kier molecular flexibility index (Phi) is 11.2. The van der Waals surface area contributed by atoms with Gasteiger partial charge in [0.25, 0.3) is 5.91 Å². The third-order valence-electron chi connectivity index (χ3n) is 11.2. The molecule has 3 aromatic carbocycles. The summed E-state index contributed by atoms with van der Waals surface area (Å²) in [6.07, 6.45) is 3.76. The van der Waals surface area contributed by atoms with Gasteiger partial charge in [0.1, 0.15) is 5.75 Å². The SMILES string of the molecule is CCOc1ccc2c(c1)CC(NCCCCO)C(=O)N2c1ccc2c(c1)[C@@]1(O[C@H](CCn3cc(CCO)nn3)[C@@H]([Si](C)(C)F)[C@@H]1C)C(=O)N2c1ccccc1. The average Bonchev–Trinajstić information content (AvgIpc) is 3.82. The Bertz CT molecular complexity index is 2010. The van der Waals surface area contributed by atoms with E-state index in [1.807, 2.05) is 80.6 Å². The van der Waals surface area contributed by atoms with Crippen molar-refractivity contribution in [3.8, 4) is 5.75 Å². The first-order chi connectivity index (χ1) is 26.5.